The fourth-order valence-corrected chi connectivity index (χ4v) is 3.69. The van der Waals surface area contributed by atoms with Crippen LogP contribution in [0.4, 0.5) is 17.6 Å². The first-order valence-electron chi connectivity index (χ1n) is 10.4. The molecular formula is C23H18F4N4O5. The Morgan fingerprint density at radius 1 is 1.22 bits per heavy atom. The summed E-state index contributed by atoms with van der Waals surface area (Å²) in [5, 5.41) is 14.3. The van der Waals surface area contributed by atoms with Crippen LogP contribution in [0.3, 0.4) is 0 Å². The van der Waals surface area contributed by atoms with Gasteiger partial charge in [-0.2, -0.15) is 18.3 Å². The number of aliphatic carboxylic acids is 1. The standard InChI is InChI=1S/C21H17FN4O3.C2HF3O2/c1-28-18-7-11(14-8-23-24-9-14)6-16-19(18)25-20(26-21(16)27)13-4-12-5-15(22)2-3-17(12)29-10-13;3-2(4,5)1(6)7/h2-3,5-9,13H,4,10H2,1H3,(H,23,24)(H,25,26,27);(H,6,7). The molecule has 1 aliphatic rings. The molecule has 1 aliphatic heterocycles. The molecular weight excluding hydrogens is 488 g/mol. The summed E-state index contributed by atoms with van der Waals surface area (Å²) in [6, 6.07) is 8.04. The molecule has 0 saturated heterocycles. The molecule has 0 spiro atoms. The minimum absolute atomic E-state index is 0.195. The number of fused-ring (bicyclic) bond motifs is 2. The summed E-state index contributed by atoms with van der Waals surface area (Å²) < 4.78 is 56.6. The number of alkyl halides is 3. The van der Waals surface area contributed by atoms with Crippen LogP contribution >= 0.6 is 0 Å². The first-order valence-corrected chi connectivity index (χ1v) is 10.4. The second-order valence-corrected chi connectivity index (χ2v) is 7.78. The molecule has 4 aromatic rings. The molecule has 0 amide bonds. The normalized spacial score (nSPS) is 14.9. The van der Waals surface area contributed by atoms with Gasteiger partial charge in [0.2, 0.25) is 0 Å². The Labute approximate surface area is 199 Å². The second-order valence-electron chi connectivity index (χ2n) is 7.78. The number of carboxylic acid groups (broad SMARTS) is 1. The van der Waals surface area contributed by atoms with Gasteiger partial charge in [-0.1, -0.05) is 0 Å². The van der Waals surface area contributed by atoms with E-state index in [2.05, 4.69) is 20.2 Å². The largest absolute Gasteiger partial charge is 0.494 e. The van der Waals surface area contributed by atoms with Crippen molar-refractivity contribution in [1.29, 1.82) is 0 Å². The average molecular weight is 506 g/mol. The van der Waals surface area contributed by atoms with Crippen LogP contribution < -0.4 is 15.0 Å². The van der Waals surface area contributed by atoms with Crippen molar-refractivity contribution in [3.63, 3.8) is 0 Å². The first kappa shape index (κ1) is 24.7. The topological polar surface area (TPSA) is 130 Å². The third-order valence-electron chi connectivity index (χ3n) is 5.40. The molecule has 3 N–H and O–H groups in total. The number of rotatable bonds is 3. The van der Waals surface area contributed by atoms with Crippen molar-refractivity contribution in [2.75, 3.05) is 13.7 Å². The number of carboxylic acids is 1. The summed E-state index contributed by atoms with van der Waals surface area (Å²) >= 11 is 0. The molecule has 5 rings (SSSR count). The van der Waals surface area contributed by atoms with Crippen molar-refractivity contribution in [2.45, 2.75) is 18.5 Å². The number of nitrogens with one attached hydrogen (secondary N) is 2. The number of benzene rings is 2. The van der Waals surface area contributed by atoms with Gasteiger partial charge in [-0.3, -0.25) is 9.89 Å². The Bertz CT molecular complexity index is 1470. The predicted molar refractivity (Wildman–Crippen MR) is 119 cm³/mol. The molecule has 0 bridgehead atoms. The number of hydrogen-bond donors (Lipinski definition) is 3. The van der Waals surface area contributed by atoms with E-state index in [-0.39, 0.29) is 17.3 Å². The molecule has 0 aliphatic carbocycles. The third kappa shape index (κ3) is 5.14. The van der Waals surface area contributed by atoms with Gasteiger partial charge in [0.15, 0.2) is 0 Å². The van der Waals surface area contributed by atoms with Crippen molar-refractivity contribution in [3.05, 3.63) is 70.3 Å². The summed E-state index contributed by atoms with van der Waals surface area (Å²) in [5.74, 6) is -1.62. The highest BCUT2D eigenvalue weighted by molar-refractivity contribution is 5.89. The van der Waals surface area contributed by atoms with E-state index < -0.39 is 12.1 Å². The van der Waals surface area contributed by atoms with E-state index in [4.69, 9.17) is 19.4 Å². The molecule has 188 valence electrons. The third-order valence-corrected chi connectivity index (χ3v) is 5.40. The number of ether oxygens (including phenoxy) is 2. The summed E-state index contributed by atoms with van der Waals surface area (Å²) in [6.07, 6.45) is -1.14. The van der Waals surface area contributed by atoms with Crippen LogP contribution in [0.25, 0.3) is 22.0 Å². The van der Waals surface area contributed by atoms with Crippen molar-refractivity contribution in [1.82, 2.24) is 20.2 Å². The van der Waals surface area contributed by atoms with Crippen LogP contribution in [-0.2, 0) is 11.2 Å². The highest BCUT2D eigenvalue weighted by Gasteiger charge is 2.38. The van der Waals surface area contributed by atoms with Gasteiger partial charge in [-0.15, -0.1) is 0 Å². The average Bonchev–Trinajstić information content (AvgIpc) is 3.38. The zero-order valence-corrected chi connectivity index (χ0v) is 18.5. The van der Waals surface area contributed by atoms with Gasteiger partial charge in [0.1, 0.15) is 28.7 Å². The van der Waals surface area contributed by atoms with E-state index in [1.165, 1.54) is 12.1 Å². The molecule has 1 atom stereocenters. The van der Waals surface area contributed by atoms with E-state index in [9.17, 15) is 22.4 Å². The van der Waals surface area contributed by atoms with Crippen LogP contribution in [0.2, 0.25) is 0 Å². The van der Waals surface area contributed by atoms with Crippen molar-refractivity contribution in [2.24, 2.45) is 0 Å². The number of carbonyl (C=O) groups is 1. The monoisotopic (exact) mass is 506 g/mol. The number of methoxy groups -OCH3 is 1. The summed E-state index contributed by atoms with van der Waals surface area (Å²) in [5.41, 5.74) is 2.61. The quantitative estimate of drug-likeness (QED) is 0.360. The number of hydrogen-bond acceptors (Lipinski definition) is 6. The highest BCUT2D eigenvalue weighted by Crippen LogP contribution is 2.34. The zero-order valence-electron chi connectivity index (χ0n) is 18.5. The fraction of sp³-hybridized carbons (Fsp3) is 0.217. The minimum Gasteiger partial charge on any atom is -0.494 e. The highest BCUT2D eigenvalue weighted by atomic mass is 19.4. The Morgan fingerprint density at radius 3 is 2.61 bits per heavy atom. The fourth-order valence-electron chi connectivity index (χ4n) is 3.69. The SMILES string of the molecule is COc1cc(-c2cn[nH]c2)cc2c(=O)[nH]c(C3COc4ccc(F)cc4C3)nc12.O=C(O)C(F)(F)F. The van der Waals surface area contributed by atoms with Crippen LogP contribution in [0.15, 0.2) is 47.5 Å². The van der Waals surface area contributed by atoms with Crippen LogP contribution in [0.1, 0.15) is 17.3 Å². The van der Waals surface area contributed by atoms with Crippen molar-refractivity contribution in [3.8, 4) is 22.6 Å². The number of aromatic amines is 2. The van der Waals surface area contributed by atoms with E-state index in [0.29, 0.717) is 41.3 Å². The van der Waals surface area contributed by atoms with Gasteiger partial charge in [0.25, 0.3) is 5.56 Å². The molecule has 0 saturated carbocycles. The van der Waals surface area contributed by atoms with E-state index in [1.807, 2.05) is 6.07 Å². The van der Waals surface area contributed by atoms with Gasteiger partial charge < -0.3 is 19.6 Å². The maximum Gasteiger partial charge on any atom is 0.490 e. The molecule has 3 heterocycles. The van der Waals surface area contributed by atoms with Gasteiger partial charge in [-0.05, 0) is 47.9 Å². The van der Waals surface area contributed by atoms with Crippen LogP contribution in [0, 0.1) is 5.82 Å². The summed E-state index contributed by atoms with van der Waals surface area (Å²) in [6.45, 7) is 0.350. The van der Waals surface area contributed by atoms with E-state index in [1.54, 1.807) is 31.6 Å². The number of aromatic nitrogens is 4. The molecule has 0 radical (unpaired) electrons. The van der Waals surface area contributed by atoms with Crippen LogP contribution in [-0.4, -0.2) is 51.1 Å². The van der Waals surface area contributed by atoms with Crippen molar-refractivity contribution < 1.29 is 36.9 Å². The molecule has 1 unspecified atom stereocenters. The molecule has 2 aromatic carbocycles. The van der Waals surface area contributed by atoms with Crippen LogP contribution in [0.5, 0.6) is 11.5 Å². The predicted octanol–water partition coefficient (Wildman–Crippen LogP) is 3.81. The number of H-pyrrole nitrogens is 2. The molecule has 2 aromatic heterocycles. The van der Waals surface area contributed by atoms with Gasteiger partial charge in [-0.25, -0.2) is 14.2 Å². The number of nitrogens with zero attached hydrogens (tertiary/aromatic N) is 2. The Morgan fingerprint density at radius 2 is 1.97 bits per heavy atom. The lowest BCUT2D eigenvalue weighted by Crippen LogP contribution is -2.24. The van der Waals surface area contributed by atoms with Crippen molar-refractivity contribution >= 4 is 16.9 Å². The smallest absolute Gasteiger partial charge is 0.490 e. The first-order chi connectivity index (χ1) is 17.1. The Hall–Kier alpha value is -4.42. The summed E-state index contributed by atoms with van der Waals surface area (Å²) in [7, 11) is 1.54. The molecule has 0 fully saturated rings. The lowest BCUT2D eigenvalue weighted by Gasteiger charge is -2.25. The molecule has 13 heteroatoms. The van der Waals surface area contributed by atoms with Gasteiger partial charge in [0.05, 0.1) is 31.2 Å². The Balaban J connectivity index is 0.000000384. The minimum atomic E-state index is -5.08. The molecule has 9 nitrogen and oxygen atoms in total. The maximum absolute atomic E-state index is 13.6. The van der Waals surface area contributed by atoms with Gasteiger partial charge >= 0.3 is 12.1 Å². The lowest BCUT2D eigenvalue weighted by molar-refractivity contribution is -0.192. The lowest BCUT2D eigenvalue weighted by atomic mass is 9.95. The van der Waals surface area contributed by atoms with Gasteiger partial charge in [0, 0.05) is 11.8 Å². The zero-order chi connectivity index (χ0) is 26.0. The van der Waals surface area contributed by atoms with E-state index in [0.717, 1.165) is 16.7 Å². The van der Waals surface area contributed by atoms with E-state index >= 15 is 0 Å². The Kier molecular flexibility index (Phi) is 6.64. The maximum atomic E-state index is 13.6. The number of halogens is 4. The summed E-state index contributed by atoms with van der Waals surface area (Å²) in [4.78, 5) is 29.3. The second kappa shape index (κ2) is 9.68. The molecule has 36 heavy (non-hydrogen) atoms.